The van der Waals surface area contributed by atoms with Gasteiger partial charge in [-0.2, -0.15) is 0 Å². The molecule has 10 nitrogen and oxygen atoms in total. The lowest BCUT2D eigenvalue weighted by Gasteiger charge is -2.10. The minimum Gasteiger partial charge on any atom is -0.493 e. The van der Waals surface area contributed by atoms with Gasteiger partial charge in [0.15, 0.2) is 0 Å². The number of benzene rings is 1. The third kappa shape index (κ3) is 6.06. The summed E-state index contributed by atoms with van der Waals surface area (Å²) in [7, 11) is 0. The van der Waals surface area contributed by atoms with Gasteiger partial charge < -0.3 is 14.6 Å². The summed E-state index contributed by atoms with van der Waals surface area (Å²) in [5.74, 6) is -0.570. The summed E-state index contributed by atoms with van der Waals surface area (Å²) < 4.78 is 10.6. The Labute approximate surface area is 119 Å². The summed E-state index contributed by atoms with van der Waals surface area (Å²) in [4.78, 5) is 16.2. The third-order valence-electron chi connectivity index (χ3n) is 2.17. The summed E-state index contributed by atoms with van der Waals surface area (Å²) in [5, 5.41) is 15.6. The number of nitrogens with zero attached hydrogens (tertiary/aromatic N) is 6. The molecule has 21 heavy (non-hydrogen) atoms. The highest BCUT2D eigenvalue weighted by molar-refractivity contribution is 5.88. The number of carboxylic acids is 1. The predicted molar refractivity (Wildman–Crippen MR) is 72.4 cm³/mol. The van der Waals surface area contributed by atoms with E-state index in [0.717, 1.165) is 0 Å². The highest BCUT2D eigenvalue weighted by Gasteiger charge is 2.08. The Bertz CT molecular complexity index is 550. The number of azide groups is 2. The molecule has 0 aromatic heterocycles. The maximum Gasteiger partial charge on any atom is 0.335 e. The first-order valence-corrected chi connectivity index (χ1v) is 5.83. The second-order valence-electron chi connectivity index (χ2n) is 3.60. The van der Waals surface area contributed by atoms with Crippen LogP contribution < -0.4 is 9.47 Å². The summed E-state index contributed by atoms with van der Waals surface area (Å²) in [5.41, 5.74) is 16.3. The summed E-state index contributed by atoms with van der Waals surface area (Å²) in [6.07, 6.45) is 0. The fourth-order valence-corrected chi connectivity index (χ4v) is 1.36. The van der Waals surface area contributed by atoms with Gasteiger partial charge in [0.25, 0.3) is 0 Å². The molecule has 0 aliphatic rings. The molecule has 1 aromatic rings. The number of ether oxygens (including phenoxy) is 2. The lowest BCUT2D eigenvalue weighted by atomic mass is 10.2. The van der Waals surface area contributed by atoms with E-state index < -0.39 is 5.97 Å². The van der Waals surface area contributed by atoms with Crippen molar-refractivity contribution in [3.63, 3.8) is 0 Å². The topological polar surface area (TPSA) is 153 Å². The maximum absolute atomic E-state index is 11.0. The Kier molecular flexibility index (Phi) is 6.78. The minimum atomic E-state index is -1.13. The van der Waals surface area contributed by atoms with Crippen molar-refractivity contribution in [3.8, 4) is 11.5 Å². The first-order chi connectivity index (χ1) is 10.2. The highest BCUT2D eigenvalue weighted by atomic mass is 16.5. The van der Waals surface area contributed by atoms with Gasteiger partial charge in [0, 0.05) is 15.9 Å². The minimum absolute atomic E-state index is 0.00457. The first-order valence-electron chi connectivity index (χ1n) is 5.83. The molecule has 1 N–H and O–H groups in total. The molecule has 0 bridgehead atoms. The molecule has 0 unspecified atom stereocenters. The number of hydrogen-bond donors (Lipinski definition) is 1. The molecule has 0 heterocycles. The molecule has 1 aromatic carbocycles. The lowest BCUT2D eigenvalue weighted by Crippen LogP contribution is -2.05. The molecule has 0 fully saturated rings. The number of hydrogen-bond acceptors (Lipinski definition) is 5. The largest absolute Gasteiger partial charge is 0.493 e. The monoisotopic (exact) mass is 292 g/mol. The Morgan fingerprint density at radius 3 is 1.90 bits per heavy atom. The number of rotatable bonds is 9. The highest BCUT2D eigenvalue weighted by Crippen LogP contribution is 2.23. The van der Waals surface area contributed by atoms with Gasteiger partial charge in [-0.05, 0) is 23.2 Å². The Morgan fingerprint density at radius 2 is 1.52 bits per heavy atom. The Hall–Kier alpha value is -3.09. The van der Waals surface area contributed by atoms with Crippen LogP contribution in [0.5, 0.6) is 11.5 Å². The summed E-state index contributed by atoms with van der Waals surface area (Å²) in [6.45, 7) is 0.484. The SMILES string of the molecule is [N-]=[N+]=NCCOc1cc(OCCN=[N+]=[N-])cc(C(=O)O)c1. The average Bonchev–Trinajstić information content (AvgIpc) is 2.48. The van der Waals surface area contributed by atoms with Crippen molar-refractivity contribution in [1.82, 2.24) is 0 Å². The van der Waals surface area contributed by atoms with Crippen molar-refractivity contribution >= 4 is 5.97 Å². The third-order valence-corrected chi connectivity index (χ3v) is 2.17. The Balaban J connectivity index is 2.76. The van der Waals surface area contributed by atoms with Gasteiger partial charge in [-0.15, -0.1) is 0 Å². The van der Waals surface area contributed by atoms with Crippen LogP contribution in [0, 0.1) is 0 Å². The van der Waals surface area contributed by atoms with Crippen LogP contribution in [0.25, 0.3) is 20.9 Å². The van der Waals surface area contributed by atoms with Gasteiger partial charge in [-0.1, -0.05) is 10.2 Å². The van der Waals surface area contributed by atoms with Gasteiger partial charge in [0.2, 0.25) is 0 Å². The molecule has 0 spiro atoms. The van der Waals surface area contributed by atoms with Gasteiger partial charge in [-0.3, -0.25) is 0 Å². The number of aromatic carboxylic acids is 1. The summed E-state index contributed by atoms with van der Waals surface area (Å²) >= 11 is 0. The standard InChI is InChI=1S/C11H12N6O4/c12-16-14-1-3-20-9-5-8(11(18)19)6-10(7-9)21-4-2-15-17-13/h5-7H,1-4H2,(H,18,19). The second kappa shape index (κ2) is 8.92. The van der Waals surface area contributed by atoms with Crippen LogP contribution in [0.2, 0.25) is 0 Å². The van der Waals surface area contributed by atoms with Crippen LogP contribution in [0.4, 0.5) is 0 Å². The second-order valence-corrected chi connectivity index (χ2v) is 3.60. The van der Waals surface area contributed by atoms with E-state index in [-0.39, 0.29) is 43.4 Å². The quantitative estimate of drug-likeness (QED) is 0.321. The molecule has 0 aliphatic heterocycles. The van der Waals surface area contributed by atoms with Crippen LogP contribution in [-0.2, 0) is 0 Å². The average molecular weight is 292 g/mol. The zero-order chi connectivity index (χ0) is 15.5. The van der Waals surface area contributed by atoms with Crippen LogP contribution in [0.15, 0.2) is 28.4 Å². The molecule has 0 saturated carbocycles. The smallest absolute Gasteiger partial charge is 0.335 e. The Morgan fingerprint density at radius 1 is 1.05 bits per heavy atom. The van der Waals surface area contributed by atoms with E-state index in [0.29, 0.717) is 0 Å². The molecule has 0 aliphatic carbocycles. The molecule has 0 amide bonds. The lowest BCUT2D eigenvalue weighted by molar-refractivity contribution is 0.0696. The normalized spacial score (nSPS) is 9.14. The zero-order valence-corrected chi connectivity index (χ0v) is 10.9. The molecule has 10 heteroatoms. The van der Waals surface area contributed by atoms with Crippen molar-refractivity contribution in [2.75, 3.05) is 26.3 Å². The number of carboxylic acid groups (broad SMARTS) is 1. The first kappa shape index (κ1) is 16.0. The molecule has 110 valence electrons. The van der Waals surface area contributed by atoms with Crippen molar-refractivity contribution < 1.29 is 19.4 Å². The van der Waals surface area contributed by atoms with E-state index in [1.165, 1.54) is 18.2 Å². The van der Waals surface area contributed by atoms with E-state index in [1.807, 2.05) is 0 Å². The van der Waals surface area contributed by atoms with Crippen LogP contribution in [0.3, 0.4) is 0 Å². The van der Waals surface area contributed by atoms with E-state index >= 15 is 0 Å². The van der Waals surface area contributed by atoms with Crippen molar-refractivity contribution in [2.24, 2.45) is 10.2 Å². The maximum atomic E-state index is 11.0. The van der Waals surface area contributed by atoms with Crippen LogP contribution in [0.1, 0.15) is 10.4 Å². The van der Waals surface area contributed by atoms with Crippen molar-refractivity contribution in [1.29, 1.82) is 0 Å². The van der Waals surface area contributed by atoms with E-state index in [9.17, 15) is 4.79 Å². The molecular weight excluding hydrogens is 280 g/mol. The fraction of sp³-hybridized carbons (Fsp3) is 0.364. The molecule has 0 radical (unpaired) electrons. The predicted octanol–water partition coefficient (Wildman–Crippen LogP) is 2.76. The van der Waals surface area contributed by atoms with Gasteiger partial charge >= 0.3 is 5.97 Å². The van der Waals surface area contributed by atoms with Crippen LogP contribution in [-0.4, -0.2) is 37.4 Å². The van der Waals surface area contributed by atoms with Crippen molar-refractivity contribution in [3.05, 3.63) is 44.6 Å². The van der Waals surface area contributed by atoms with Gasteiger partial charge in [0.05, 0.1) is 31.9 Å². The molecule has 0 atom stereocenters. The van der Waals surface area contributed by atoms with E-state index in [1.54, 1.807) is 0 Å². The van der Waals surface area contributed by atoms with E-state index in [2.05, 4.69) is 20.1 Å². The van der Waals surface area contributed by atoms with Crippen molar-refractivity contribution in [2.45, 2.75) is 0 Å². The molecule has 1 rings (SSSR count). The molecule has 0 saturated heterocycles. The molecular formula is C11H12N6O4. The van der Waals surface area contributed by atoms with Crippen LogP contribution >= 0.6 is 0 Å². The zero-order valence-electron chi connectivity index (χ0n) is 10.9. The number of carbonyl (C=O) groups is 1. The summed E-state index contributed by atoms with van der Waals surface area (Å²) in [6, 6.07) is 4.16. The van der Waals surface area contributed by atoms with E-state index in [4.69, 9.17) is 25.6 Å². The fourth-order valence-electron chi connectivity index (χ4n) is 1.36. The van der Waals surface area contributed by atoms with Gasteiger partial charge in [0.1, 0.15) is 11.5 Å². The van der Waals surface area contributed by atoms with Gasteiger partial charge in [-0.25, -0.2) is 4.79 Å².